The van der Waals surface area contributed by atoms with E-state index < -0.39 is 17.5 Å². The molecule has 2 aromatic rings. The van der Waals surface area contributed by atoms with Crippen LogP contribution in [0.3, 0.4) is 0 Å². The van der Waals surface area contributed by atoms with E-state index in [0.717, 1.165) is 29.7 Å². The lowest BCUT2D eigenvalue weighted by atomic mass is 9.99. The molecule has 0 spiro atoms. The van der Waals surface area contributed by atoms with E-state index in [1.54, 1.807) is 24.0 Å². The van der Waals surface area contributed by atoms with E-state index in [0.29, 0.717) is 37.0 Å². The number of ether oxygens (including phenoxy) is 2. The van der Waals surface area contributed by atoms with E-state index in [1.165, 1.54) is 6.26 Å². The molecule has 0 bridgehead atoms. The number of furan rings is 1. The molecule has 0 aliphatic carbocycles. The molecule has 0 saturated carbocycles. The SMILES string of the molecule is C[C@]1(c2ccco2)NC(=O)N(CC(=O)N2CCC[C@H]2c2ccc3c(c2)OCCCO3)C1=O. The number of hydrogen-bond donors (Lipinski definition) is 1. The highest BCUT2D eigenvalue weighted by Gasteiger charge is 2.52. The van der Waals surface area contributed by atoms with Gasteiger partial charge in [0.15, 0.2) is 17.0 Å². The largest absolute Gasteiger partial charge is 0.490 e. The van der Waals surface area contributed by atoms with Gasteiger partial charge in [-0.1, -0.05) is 6.07 Å². The Bertz CT molecular complexity index is 1050. The molecule has 0 unspecified atom stereocenters. The maximum Gasteiger partial charge on any atom is 0.325 e. The topological polar surface area (TPSA) is 101 Å². The van der Waals surface area contributed by atoms with E-state index in [4.69, 9.17) is 13.9 Å². The van der Waals surface area contributed by atoms with Gasteiger partial charge < -0.3 is 24.1 Å². The molecule has 32 heavy (non-hydrogen) atoms. The Morgan fingerprint density at radius 1 is 1.16 bits per heavy atom. The van der Waals surface area contributed by atoms with Crippen LogP contribution in [0.4, 0.5) is 4.79 Å². The van der Waals surface area contributed by atoms with E-state index in [9.17, 15) is 14.4 Å². The van der Waals surface area contributed by atoms with Crippen LogP contribution >= 0.6 is 0 Å². The maximum atomic E-state index is 13.2. The minimum absolute atomic E-state index is 0.142. The minimum atomic E-state index is -1.32. The van der Waals surface area contributed by atoms with Crippen molar-refractivity contribution < 1.29 is 28.3 Å². The van der Waals surface area contributed by atoms with Crippen molar-refractivity contribution in [3.05, 3.63) is 47.9 Å². The summed E-state index contributed by atoms with van der Waals surface area (Å²) in [6.07, 6.45) is 3.91. The average Bonchev–Trinajstić information content (AvgIpc) is 3.49. The fourth-order valence-electron chi connectivity index (χ4n) is 4.60. The summed E-state index contributed by atoms with van der Waals surface area (Å²) >= 11 is 0. The second-order valence-electron chi connectivity index (χ2n) is 8.43. The third-order valence-corrected chi connectivity index (χ3v) is 6.31. The fourth-order valence-corrected chi connectivity index (χ4v) is 4.60. The third kappa shape index (κ3) is 3.37. The van der Waals surface area contributed by atoms with Crippen LogP contribution in [0.5, 0.6) is 11.5 Å². The van der Waals surface area contributed by atoms with Crippen LogP contribution in [-0.2, 0) is 15.1 Å². The highest BCUT2D eigenvalue weighted by molar-refractivity contribution is 6.08. The molecule has 1 aromatic carbocycles. The van der Waals surface area contributed by atoms with Gasteiger partial charge in [0.2, 0.25) is 5.91 Å². The van der Waals surface area contributed by atoms with Gasteiger partial charge >= 0.3 is 6.03 Å². The summed E-state index contributed by atoms with van der Waals surface area (Å²) in [5, 5.41) is 2.65. The lowest BCUT2D eigenvalue weighted by Crippen LogP contribution is -2.44. The fraction of sp³-hybridized carbons (Fsp3) is 0.435. The Morgan fingerprint density at radius 3 is 2.75 bits per heavy atom. The first-order valence-corrected chi connectivity index (χ1v) is 10.8. The summed E-state index contributed by atoms with van der Waals surface area (Å²) < 4.78 is 16.8. The average molecular weight is 439 g/mol. The highest BCUT2D eigenvalue weighted by Crippen LogP contribution is 2.38. The zero-order valence-electron chi connectivity index (χ0n) is 17.8. The van der Waals surface area contributed by atoms with Gasteiger partial charge in [-0.15, -0.1) is 0 Å². The van der Waals surface area contributed by atoms with Gasteiger partial charge in [0.1, 0.15) is 12.3 Å². The number of nitrogens with zero attached hydrogens (tertiary/aromatic N) is 2. The first-order valence-electron chi connectivity index (χ1n) is 10.8. The van der Waals surface area contributed by atoms with Crippen LogP contribution in [-0.4, -0.2) is 53.9 Å². The van der Waals surface area contributed by atoms with Gasteiger partial charge in [-0.3, -0.25) is 14.5 Å². The summed E-state index contributed by atoms with van der Waals surface area (Å²) in [6, 6.07) is 8.29. The first kappa shape index (κ1) is 20.4. The highest BCUT2D eigenvalue weighted by atomic mass is 16.5. The molecule has 3 aliphatic rings. The van der Waals surface area contributed by atoms with Gasteiger partial charge in [-0.05, 0) is 49.6 Å². The number of imide groups is 1. The van der Waals surface area contributed by atoms with Crippen LogP contribution in [0.25, 0.3) is 0 Å². The number of nitrogens with one attached hydrogen (secondary N) is 1. The van der Waals surface area contributed by atoms with Crippen molar-refractivity contribution in [2.45, 2.75) is 37.8 Å². The number of carbonyl (C=O) groups excluding carboxylic acids is 3. The number of benzene rings is 1. The summed E-state index contributed by atoms with van der Waals surface area (Å²) in [5.74, 6) is 0.947. The number of likely N-dealkylation sites (tertiary alicyclic amines) is 1. The Balaban J connectivity index is 1.33. The number of carbonyl (C=O) groups is 3. The van der Waals surface area contributed by atoms with Crippen molar-refractivity contribution >= 4 is 17.8 Å². The maximum absolute atomic E-state index is 13.2. The second-order valence-corrected chi connectivity index (χ2v) is 8.43. The van der Waals surface area contributed by atoms with Gasteiger partial charge in [-0.25, -0.2) is 4.79 Å². The molecule has 168 valence electrons. The van der Waals surface area contributed by atoms with Crippen LogP contribution in [0.1, 0.15) is 43.6 Å². The van der Waals surface area contributed by atoms with Gasteiger partial charge in [0, 0.05) is 13.0 Å². The number of hydrogen-bond acceptors (Lipinski definition) is 6. The lowest BCUT2D eigenvalue weighted by molar-refractivity contribution is -0.139. The van der Waals surface area contributed by atoms with Gasteiger partial charge in [0.05, 0.1) is 25.5 Å². The van der Waals surface area contributed by atoms with Crippen molar-refractivity contribution in [3.63, 3.8) is 0 Å². The summed E-state index contributed by atoms with van der Waals surface area (Å²) in [4.78, 5) is 41.4. The molecule has 0 radical (unpaired) electrons. The van der Waals surface area contributed by atoms with Crippen LogP contribution in [0, 0.1) is 0 Å². The van der Waals surface area contributed by atoms with E-state index >= 15 is 0 Å². The number of urea groups is 1. The zero-order valence-corrected chi connectivity index (χ0v) is 17.8. The number of rotatable bonds is 4. The Labute approximate surface area is 185 Å². The van der Waals surface area contributed by atoms with Crippen LogP contribution in [0.15, 0.2) is 41.0 Å². The van der Waals surface area contributed by atoms with Crippen LogP contribution < -0.4 is 14.8 Å². The molecule has 1 N–H and O–H groups in total. The van der Waals surface area contributed by atoms with Gasteiger partial charge in [0.25, 0.3) is 5.91 Å². The third-order valence-electron chi connectivity index (χ3n) is 6.31. The molecule has 2 atom stereocenters. The predicted octanol–water partition coefficient (Wildman–Crippen LogP) is 2.57. The van der Waals surface area contributed by atoms with Gasteiger partial charge in [-0.2, -0.15) is 0 Å². The van der Waals surface area contributed by atoms with E-state index in [-0.39, 0.29) is 18.5 Å². The smallest absolute Gasteiger partial charge is 0.325 e. The number of fused-ring (bicyclic) bond motifs is 1. The molecule has 3 aliphatic heterocycles. The summed E-state index contributed by atoms with van der Waals surface area (Å²) in [6.45, 7) is 3.03. The molecule has 9 nitrogen and oxygen atoms in total. The molecular weight excluding hydrogens is 414 g/mol. The van der Waals surface area contributed by atoms with E-state index in [1.807, 2.05) is 18.2 Å². The molecular formula is C23H25N3O6. The van der Waals surface area contributed by atoms with Crippen molar-refractivity contribution in [2.75, 3.05) is 26.3 Å². The predicted molar refractivity (Wildman–Crippen MR) is 112 cm³/mol. The second kappa shape index (κ2) is 7.89. The van der Waals surface area contributed by atoms with Crippen molar-refractivity contribution in [3.8, 4) is 11.5 Å². The Morgan fingerprint density at radius 2 is 1.97 bits per heavy atom. The van der Waals surface area contributed by atoms with Crippen LogP contribution in [0.2, 0.25) is 0 Å². The summed E-state index contributed by atoms with van der Waals surface area (Å²) in [5.41, 5.74) is -0.364. The zero-order chi connectivity index (χ0) is 22.3. The molecule has 4 heterocycles. The monoisotopic (exact) mass is 439 g/mol. The molecule has 2 fully saturated rings. The standard InChI is InChI=1S/C23H25N3O6/c1-23(19-6-3-10-32-19)21(28)26(22(29)24-23)14-20(27)25-9-2-5-16(25)15-7-8-17-18(13-15)31-12-4-11-30-17/h3,6-8,10,13,16H,2,4-5,9,11-12,14H2,1H3,(H,24,29)/t16-,23+/m0/s1. The molecule has 9 heteroatoms. The number of amides is 4. The quantitative estimate of drug-likeness (QED) is 0.735. The normalized spacial score (nSPS) is 25.1. The molecule has 2 saturated heterocycles. The Hall–Kier alpha value is -3.49. The molecule has 4 amide bonds. The van der Waals surface area contributed by atoms with Crippen molar-refractivity contribution in [1.29, 1.82) is 0 Å². The summed E-state index contributed by atoms with van der Waals surface area (Å²) in [7, 11) is 0. The van der Waals surface area contributed by atoms with E-state index in [2.05, 4.69) is 5.32 Å². The van der Waals surface area contributed by atoms with Crippen molar-refractivity contribution in [1.82, 2.24) is 15.1 Å². The first-order chi connectivity index (χ1) is 15.5. The van der Waals surface area contributed by atoms with Crippen molar-refractivity contribution in [2.24, 2.45) is 0 Å². The minimum Gasteiger partial charge on any atom is -0.490 e. The Kier molecular flexibility index (Phi) is 5.03. The lowest BCUT2D eigenvalue weighted by Gasteiger charge is -2.27. The molecule has 1 aromatic heterocycles. The molecule has 5 rings (SSSR count).